The number of carbonyl (C=O) groups is 1. The van der Waals surface area contributed by atoms with Crippen LogP contribution in [-0.4, -0.2) is 5.78 Å². The van der Waals surface area contributed by atoms with Crippen LogP contribution in [0.5, 0.6) is 0 Å². The zero-order valence-electron chi connectivity index (χ0n) is 7.35. The summed E-state index contributed by atoms with van der Waals surface area (Å²) >= 11 is 0. The molecule has 0 saturated carbocycles. The first-order valence-corrected chi connectivity index (χ1v) is 3.59. The summed E-state index contributed by atoms with van der Waals surface area (Å²) < 4.78 is 0. The van der Waals surface area contributed by atoms with Gasteiger partial charge in [0, 0.05) is 5.57 Å². The van der Waals surface area contributed by atoms with E-state index in [0.717, 1.165) is 5.57 Å². The van der Waals surface area contributed by atoms with Crippen LogP contribution in [0.25, 0.3) is 0 Å². The molecule has 0 unspecified atom stereocenters. The molecule has 0 aromatic carbocycles. The van der Waals surface area contributed by atoms with Crippen molar-refractivity contribution in [2.75, 3.05) is 0 Å². The highest BCUT2D eigenvalue weighted by Gasteiger charge is 2.01. The summed E-state index contributed by atoms with van der Waals surface area (Å²) in [6.45, 7) is 8.99. The van der Waals surface area contributed by atoms with Gasteiger partial charge in [-0.25, -0.2) is 0 Å². The molecular weight excluding hydrogens is 136 g/mol. The Kier molecular flexibility index (Phi) is 4.20. The Hall–Kier alpha value is -1.11. The second-order valence-corrected chi connectivity index (χ2v) is 2.44. The Morgan fingerprint density at radius 2 is 1.91 bits per heavy atom. The lowest BCUT2D eigenvalue weighted by Gasteiger charge is -1.98. The lowest BCUT2D eigenvalue weighted by molar-refractivity contribution is -0.113. The molecule has 0 spiro atoms. The van der Waals surface area contributed by atoms with Crippen LogP contribution in [0.1, 0.15) is 20.8 Å². The van der Waals surface area contributed by atoms with Crippen LogP contribution in [0, 0.1) is 0 Å². The van der Waals surface area contributed by atoms with E-state index in [1.807, 2.05) is 26.0 Å². The number of rotatable bonds is 3. The maximum absolute atomic E-state index is 10.9. The highest BCUT2D eigenvalue weighted by Crippen LogP contribution is 2.07. The Labute approximate surface area is 68.1 Å². The lowest BCUT2D eigenvalue weighted by Crippen LogP contribution is -1.96. The van der Waals surface area contributed by atoms with Crippen LogP contribution >= 0.6 is 0 Å². The molecule has 0 aromatic rings. The first kappa shape index (κ1) is 9.89. The Bertz CT molecular complexity index is 203. The van der Waals surface area contributed by atoms with E-state index >= 15 is 0 Å². The third-order valence-corrected chi connectivity index (χ3v) is 1.29. The normalized spacial score (nSPS) is 12.1. The molecule has 0 aromatic heterocycles. The number of allylic oxidation sites excluding steroid dienone is 5. The van der Waals surface area contributed by atoms with E-state index in [1.165, 1.54) is 0 Å². The molecule has 11 heavy (non-hydrogen) atoms. The van der Waals surface area contributed by atoms with Gasteiger partial charge < -0.3 is 0 Å². The van der Waals surface area contributed by atoms with Gasteiger partial charge in [0.1, 0.15) is 0 Å². The number of carbonyl (C=O) groups excluding carboxylic acids is 1. The van der Waals surface area contributed by atoms with E-state index in [-0.39, 0.29) is 5.78 Å². The van der Waals surface area contributed by atoms with Crippen molar-refractivity contribution in [1.29, 1.82) is 0 Å². The number of hydrogen-bond acceptors (Lipinski definition) is 1. The van der Waals surface area contributed by atoms with E-state index in [4.69, 9.17) is 0 Å². The third-order valence-electron chi connectivity index (χ3n) is 1.29. The van der Waals surface area contributed by atoms with Crippen LogP contribution in [-0.2, 0) is 4.79 Å². The smallest absolute Gasteiger partial charge is 0.160 e. The minimum atomic E-state index is 0.0654. The fraction of sp³-hybridized carbons (Fsp3) is 0.300. The molecule has 0 fully saturated rings. The SMILES string of the molecule is C=C(C)C(=CC=CC)C(C)=O. The van der Waals surface area contributed by atoms with Crippen molar-refractivity contribution in [3.05, 3.63) is 36.0 Å². The monoisotopic (exact) mass is 150 g/mol. The quantitative estimate of drug-likeness (QED) is 0.446. The third kappa shape index (κ3) is 3.56. The second-order valence-electron chi connectivity index (χ2n) is 2.44. The minimum Gasteiger partial charge on any atom is -0.295 e. The van der Waals surface area contributed by atoms with Crippen molar-refractivity contribution in [3.8, 4) is 0 Å². The van der Waals surface area contributed by atoms with Gasteiger partial charge in [-0.05, 0) is 26.3 Å². The fourth-order valence-electron chi connectivity index (χ4n) is 0.753. The average Bonchev–Trinajstić information content (AvgIpc) is 1.87. The maximum Gasteiger partial charge on any atom is 0.160 e. The van der Waals surface area contributed by atoms with Crippen LogP contribution < -0.4 is 0 Å². The highest BCUT2D eigenvalue weighted by atomic mass is 16.1. The summed E-state index contributed by atoms with van der Waals surface area (Å²) in [4.78, 5) is 10.9. The highest BCUT2D eigenvalue weighted by molar-refractivity contribution is 5.97. The van der Waals surface area contributed by atoms with Crippen molar-refractivity contribution in [2.45, 2.75) is 20.8 Å². The topological polar surface area (TPSA) is 17.1 Å². The molecule has 0 aliphatic heterocycles. The predicted octanol–water partition coefficient (Wildman–Crippen LogP) is 2.65. The molecule has 0 bridgehead atoms. The van der Waals surface area contributed by atoms with Gasteiger partial charge in [-0.2, -0.15) is 0 Å². The molecule has 60 valence electrons. The van der Waals surface area contributed by atoms with Crippen LogP contribution in [0.2, 0.25) is 0 Å². The molecule has 1 nitrogen and oxygen atoms in total. The zero-order valence-corrected chi connectivity index (χ0v) is 7.35. The lowest BCUT2D eigenvalue weighted by atomic mass is 10.1. The van der Waals surface area contributed by atoms with Crippen molar-refractivity contribution < 1.29 is 4.79 Å². The van der Waals surface area contributed by atoms with Gasteiger partial charge in [0.15, 0.2) is 5.78 Å². The van der Waals surface area contributed by atoms with E-state index in [9.17, 15) is 4.79 Å². The van der Waals surface area contributed by atoms with Crippen LogP contribution in [0.3, 0.4) is 0 Å². The van der Waals surface area contributed by atoms with Gasteiger partial charge in [-0.15, -0.1) is 0 Å². The van der Waals surface area contributed by atoms with Crippen LogP contribution in [0.4, 0.5) is 0 Å². The largest absolute Gasteiger partial charge is 0.295 e. The van der Waals surface area contributed by atoms with Crippen molar-refractivity contribution in [1.82, 2.24) is 0 Å². The maximum atomic E-state index is 10.9. The Morgan fingerprint density at radius 1 is 1.36 bits per heavy atom. The molecular formula is C10H14O. The first-order valence-electron chi connectivity index (χ1n) is 3.59. The van der Waals surface area contributed by atoms with Gasteiger partial charge in [-0.1, -0.05) is 24.8 Å². The molecule has 0 saturated heterocycles. The Balaban J connectivity index is 4.60. The van der Waals surface area contributed by atoms with Crippen molar-refractivity contribution in [3.63, 3.8) is 0 Å². The summed E-state index contributed by atoms with van der Waals surface area (Å²) in [5.74, 6) is 0.0654. The second kappa shape index (κ2) is 4.67. The number of hydrogen-bond donors (Lipinski definition) is 0. The first-order chi connectivity index (χ1) is 5.09. The summed E-state index contributed by atoms with van der Waals surface area (Å²) in [5, 5.41) is 0. The van der Waals surface area contributed by atoms with E-state index < -0.39 is 0 Å². The molecule has 0 heterocycles. The molecule has 1 heteroatoms. The van der Waals surface area contributed by atoms with E-state index in [0.29, 0.717) is 5.57 Å². The predicted molar refractivity (Wildman–Crippen MR) is 48.4 cm³/mol. The van der Waals surface area contributed by atoms with E-state index in [1.54, 1.807) is 13.0 Å². The summed E-state index contributed by atoms with van der Waals surface area (Å²) in [6, 6.07) is 0. The number of Topliss-reactive ketones (excluding diaryl/α,β-unsaturated/α-hetero) is 1. The summed E-state index contributed by atoms with van der Waals surface area (Å²) in [7, 11) is 0. The molecule has 0 radical (unpaired) electrons. The zero-order chi connectivity index (χ0) is 8.85. The minimum absolute atomic E-state index is 0.0654. The van der Waals surface area contributed by atoms with Crippen LogP contribution in [0.15, 0.2) is 36.0 Å². The van der Waals surface area contributed by atoms with Gasteiger partial charge in [0.2, 0.25) is 0 Å². The van der Waals surface area contributed by atoms with Crippen molar-refractivity contribution >= 4 is 5.78 Å². The van der Waals surface area contributed by atoms with Crippen molar-refractivity contribution in [2.24, 2.45) is 0 Å². The summed E-state index contributed by atoms with van der Waals surface area (Å²) in [6.07, 6.45) is 5.50. The standard InChI is InChI=1S/C10H14O/c1-5-6-7-10(8(2)3)9(4)11/h5-7H,2H2,1,3-4H3. The van der Waals surface area contributed by atoms with E-state index in [2.05, 4.69) is 6.58 Å². The molecule has 0 amide bonds. The average molecular weight is 150 g/mol. The van der Waals surface area contributed by atoms with Gasteiger partial charge in [-0.3, -0.25) is 4.79 Å². The van der Waals surface area contributed by atoms with Gasteiger partial charge in [0.05, 0.1) is 0 Å². The molecule has 0 atom stereocenters. The Morgan fingerprint density at radius 3 is 2.18 bits per heavy atom. The molecule has 0 aliphatic rings. The molecule has 0 rings (SSSR count). The fourth-order valence-corrected chi connectivity index (χ4v) is 0.753. The van der Waals surface area contributed by atoms with Gasteiger partial charge >= 0.3 is 0 Å². The molecule has 0 aliphatic carbocycles. The summed E-state index contributed by atoms with van der Waals surface area (Å²) in [5.41, 5.74) is 1.51. The number of ketones is 1. The van der Waals surface area contributed by atoms with Gasteiger partial charge in [0.25, 0.3) is 0 Å². The molecule has 0 N–H and O–H groups in total.